The summed E-state index contributed by atoms with van der Waals surface area (Å²) in [6.45, 7) is 7.13. The van der Waals surface area contributed by atoms with E-state index in [-0.39, 0.29) is 6.09 Å². The predicted octanol–water partition coefficient (Wildman–Crippen LogP) is 4.20. The normalized spacial score (nSPS) is 14.5. The van der Waals surface area contributed by atoms with Gasteiger partial charge in [-0.05, 0) is 19.4 Å². The van der Waals surface area contributed by atoms with Crippen LogP contribution < -0.4 is 4.90 Å². The fraction of sp³-hybridized carbons (Fsp3) is 0.381. The van der Waals surface area contributed by atoms with E-state index in [1.807, 2.05) is 37.3 Å². The van der Waals surface area contributed by atoms with Gasteiger partial charge in [-0.25, -0.2) is 14.8 Å². The maximum absolute atomic E-state index is 12.0. The molecule has 0 atom stereocenters. The Morgan fingerprint density at radius 3 is 2.54 bits per heavy atom. The monoisotopic (exact) mass is 396 g/mol. The number of piperazine rings is 1. The highest BCUT2D eigenvalue weighted by atomic mass is 32.1. The molecule has 4 rings (SSSR count). The highest BCUT2D eigenvalue weighted by molar-refractivity contribution is 7.18. The Morgan fingerprint density at radius 2 is 1.86 bits per heavy atom. The Balaban J connectivity index is 1.68. The number of carbonyl (C=O) groups excluding carboxylic acids is 1. The first-order valence-electron chi connectivity index (χ1n) is 9.72. The van der Waals surface area contributed by atoms with Crippen molar-refractivity contribution in [1.82, 2.24) is 14.9 Å². The number of benzene rings is 1. The van der Waals surface area contributed by atoms with Gasteiger partial charge in [-0.1, -0.05) is 37.3 Å². The third-order valence-corrected chi connectivity index (χ3v) is 6.08. The summed E-state index contributed by atoms with van der Waals surface area (Å²) in [6.07, 6.45) is 0.751. The molecule has 0 saturated carbocycles. The molecule has 0 radical (unpaired) electrons. The quantitative estimate of drug-likeness (QED) is 0.661. The van der Waals surface area contributed by atoms with E-state index >= 15 is 0 Å². The van der Waals surface area contributed by atoms with Crippen molar-refractivity contribution in [2.75, 3.05) is 37.7 Å². The SMILES string of the molecule is CCOC(=O)N1CCN(c2nc(-c3ccccc3)nc3sc(CC)cc23)CC1. The van der Waals surface area contributed by atoms with Crippen LogP contribution in [0.3, 0.4) is 0 Å². The van der Waals surface area contributed by atoms with E-state index in [1.165, 1.54) is 4.88 Å². The van der Waals surface area contributed by atoms with Crippen LogP contribution in [0.5, 0.6) is 0 Å². The number of hydrogen-bond acceptors (Lipinski definition) is 6. The lowest BCUT2D eigenvalue weighted by Crippen LogP contribution is -2.49. The van der Waals surface area contributed by atoms with Crippen LogP contribution in [-0.2, 0) is 11.2 Å². The molecule has 28 heavy (non-hydrogen) atoms. The van der Waals surface area contributed by atoms with E-state index in [9.17, 15) is 4.79 Å². The van der Waals surface area contributed by atoms with Crippen LogP contribution in [-0.4, -0.2) is 53.7 Å². The maximum Gasteiger partial charge on any atom is 0.409 e. The van der Waals surface area contributed by atoms with Gasteiger partial charge in [-0.2, -0.15) is 0 Å². The second-order valence-corrected chi connectivity index (χ2v) is 7.81. The first-order valence-corrected chi connectivity index (χ1v) is 10.5. The van der Waals surface area contributed by atoms with E-state index in [4.69, 9.17) is 14.7 Å². The largest absolute Gasteiger partial charge is 0.450 e. The zero-order chi connectivity index (χ0) is 19.5. The molecule has 0 spiro atoms. The molecule has 1 saturated heterocycles. The smallest absolute Gasteiger partial charge is 0.409 e. The zero-order valence-electron chi connectivity index (χ0n) is 16.2. The lowest BCUT2D eigenvalue weighted by molar-refractivity contribution is 0.105. The van der Waals surface area contributed by atoms with Crippen LogP contribution in [0.15, 0.2) is 36.4 Å². The number of hydrogen-bond donors (Lipinski definition) is 0. The lowest BCUT2D eigenvalue weighted by Gasteiger charge is -2.35. The second-order valence-electron chi connectivity index (χ2n) is 6.69. The van der Waals surface area contributed by atoms with Gasteiger partial charge in [0.15, 0.2) is 5.82 Å². The molecule has 0 N–H and O–H groups in total. The molecule has 7 heteroatoms. The standard InChI is InChI=1S/C21H24N4O2S/c1-3-16-14-17-19(24-10-12-25(13-11-24)21(26)27-4-2)22-18(23-20(17)28-16)15-8-6-5-7-9-15/h5-9,14H,3-4,10-13H2,1-2H3. The molecule has 2 aromatic heterocycles. The number of anilines is 1. The van der Waals surface area contributed by atoms with Crippen LogP contribution in [0.4, 0.5) is 10.6 Å². The molecule has 6 nitrogen and oxygen atoms in total. The van der Waals surface area contributed by atoms with Gasteiger partial charge in [0.1, 0.15) is 10.6 Å². The first kappa shape index (κ1) is 18.7. The fourth-order valence-electron chi connectivity index (χ4n) is 3.40. The minimum Gasteiger partial charge on any atom is -0.450 e. The van der Waals surface area contributed by atoms with Crippen molar-refractivity contribution in [3.63, 3.8) is 0 Å². The van der Waals surface area contributed by atoms with Gasteiger partial charge in [0.2, 0.25) is 0 Å². The Bertz CT molecular complexity index is 965. The van der Waals surface area contributed by atoms with E-state index in [1.54, 1.807) is 16.2 Å². The number of thiophene rings is 1. The number of amides is 1. The number of fused-ring (bicyclic) bond motifs is 1. The van der Waals surface area contributed by atoms with Gasteiger partial charge in [-0.15, -0.1) is 11.3 Å². The molecule has 3 heterocycles. The minimum absolute atomic E-state index is 0.233. The molecule has 1 aliphatic rings. The molecule has 1 amide bonds. The minimum atomic E-state index is -0.233. The second kappa shape index (κ2) is 8.14. The van der Waals surface area contributed by atoms with Crippen molar-refractivity contribution in [2.45, 2.75) is 20.3 Å². The number of nitrogens with zero attached hydrogens (tertiary/aromatic N) is 4. The van der Waals surface area contributed by atoms with Gasteiger partial charge in [0.05, 0.1) is 12.0 Å². The van der Waals surface area contributed by atoms with Crippen molar-refractivity contribution in [1.29, 1.82) is 0 Å². The van der Waals surface area contributed by atoms with Crippen molar-refractivity contribution in [2.24, 2.45) is 0 Å². The number of aromatic nitrogens is 2. The van der Waals surface area contributed by atoms with Gasteiger partial charge in [0, 0.05) is 36.6 Å². The molecule has 0 aliphatic carbocycles. The summed E-state index contributed by atoms with van der Waals surface area (Å²) in [7, 11) is 0. The summed E-state index contributed by atoms with van der Waals surface area (Å²) in [6, 6.07) is 12.3. The average Bonchev–Trinajstić information content (AvgIpc) is 3.17. The summed E-state index contributed by atoms with van der Waals surface area (Å²) in [5, 5.41) is 1.10. The molecule has 0 bridgehead atoms. The summed E-state index contributed by atoms with van der Waals surface area (Å²) in [5.41, 5.74) is 1.02. The fourth-order valence-corrected chi connectivity index (χ4v) is 4.37. The highest BCUT2D eigenvalue weighted by Gasteiger charge is 2.25. The molecular formula is C21H24N4O2S. The Morgan fingerprint density at radius 1 is 1.11 bits per heavy atom. The number of rotatable bonds is 4. The van der Waals surface area contributed by atoms with E-state index in [0.29, 0.717) is 19.7 Å². The third-order valence-electron chi connectivity index (χ3n) is 4.91. The van der Waals surface area contributed by atoms with Crippen molar-refractivity contribution < 1.29 is 9.53 Å². The Hall–Kier alpha value is -2.67. The third kappa shape index (κ3) is 3.67. The summed E-state index contributed by atoms with van der Waals surface area (Å²) >= 11 is 1.73. The van der Waals surface area contributed by atoms with Gasteiger partial charge >= 0.3 is 6.09 Å². The molecule has 3 aromatic rings. The average molecular weight is 397 g/mol. The van der Waals surface area contributed by atoms with E-state index in [0.717, 1.165) is 46.9 Å². The van der Waals surface area contributed by atoms with Crippen LogP contribution >= 0.6 is 11.3 Å². The molecule has 1 aromatic carbocycles. The Kier molecular flexibility index (Phi) is 5.43. The predicted molar refractivity (Wildman–Crippen MR) is 113 cm³/mol. The topological polar surface area (TPSA) is 58.6 Å². The summed E-state index contributed by atoms with van der Waals surface area (Å²) < 4.78 is 5.13. The van der Waals surface area contributed by atoms with Gasteiger partial charge in [0.25, 0.3) is 0 Å². The molecular weight excluding hydrogens is 372 g/mol. The van der Waals surface area contributed by atoms with Crippen LogP contribution in [0.1, 0.15) is 18.7 Å². The zero-order valence-corrected chi connectivity index (χ0v) is 17.0. The maximum atomic E-state index is 12.0. The van der Waals surface area contributed by atoms with Crippen molar-refractivity contribution in [3.8, 4) is 11.4 Å². The first-order chi connectivity index (χ1) is 13.7. The summed E-state index contributed by atoms with van der Waals surface area (Å²) in [5.74, 6) is 1.71. The Labute approximate surface area is 168 Å². The molecule has 1 fully saturated rings. The lowest BCUT2D eigenvalue weighted by atomic mass is 10.2. The van der Waals surface area contributed by atoms with Crippen LogP contribution in [0, 0.1) is 0 Å². The van der Waals surface area contributed by atoms with E-state index in [2.05, 4.69) is 17.9 Å². The number of aryl methyl sites for hydroxylation is 1. The molecule has 0 unspecified atom stereocenters. The molecule has 1 aliphatic heterocycles. The van der Waals surface area contributed by atoms with Crippen molar-refractivity contribution in [3.05, 3.63) is 41.3 Å². The van der Waals surface area contributed by atoms with Crippen LogP contribution in [0.2, 0.25) is 0 Å². The number of ether oxygens (including phenoxy) is 1. The summed E-state index contributed by atoms with van der Waals surface area (Å²) in [4.78, 5) is 28.1. The van der Waals surface area contributed by atoms with Gasteiger partial charge < -0.3 is 14.5 Å². The van der Waals surface area contributed by atoms with Crippen molar-refractivity contribution >= 4 is 33.5 Å². The van der Waals surface area contributed by atoms with E-state index < -0.39 is 0 Å². The molecule has 146 valence electrons. The van der Waals surface area contributed by atoms with Gasteiger partial charge in [-0.3, -0.25) is 0 Å². The highest BCUT2D eigenvalue weighted by Crippen LogP contribution is 2.34. The number of carbonyl (C=O) groups is 1. The van der Waals surface area contributed by atoms with Crippen LogP contribution in [0.25, 0.3) is 21.6 Å².